The van der Waals surface area contributed by atoms with E-state index in [1.165, 1.54) is 18.4 Å². The highest BCUT2D eigenvalue weighted by molar-refractivity contribution is 6.06. The minimum absolute atomic E-state index is 0.0757. The standard InChI is InChI=1S/C23H26N4O2/c1-26(23(29)20-12-7-11-19-21(20)14-24-25-22(19)28)16-18-10-5-6-13-27(18)15-17-8-3-2-4-9-17/h2-4,7-9,11-12,14,18H,5-6,10,13,15-16H2,1H3,(H,25,28)/t18-/m0/s1. The number of aromatic amines is 1. The lowest BCUT2D eigenvalue weighted by Crippen LogP contribution is -2.46. The van der Waals surface area contributed by atoms with Crippen LogP contribution < -0.4 is 5.56 Å². The molecule has 1 aliphatic heterocycles. The van der Waals surface area contributed by atoms with Gasteiger partial charge in [-0.25, -0.2) is 5.10 Å². The number of fused-ring (bicyclic) bond motifs is 1. The highest BCUT2D eigenvalue weighted by atomic mass is 16.2. The molecule has 0 spiro atoms. The summed E-state index contributed by atoms with van der Waals surface area (Å²) < 4.78 is 0. The van der Waals surface area contributed by atoms with Gasteiger partial charge in [0.05, 0.1) is 11.6 Å². The van der Waals surface area contributed by atoms with Crippen molar-refractivity contribution in [2.24, 2.45) is 0 Å². The van der Waals surface area contributed by atoms with Gasteiger partial charge in [0.25, 0.3) is 11.5 Å². The van der Waals surface area contributed by atoms with Crippen molar-refractivity contribution >= 4 is 16.7 Å². The molecule has 3 aromatic rings. The van der Waals surface area contributed by atoms with Crippen molar-refractivity contribution < 1.29 is 4.79 Å². The van der Waals surface area contributed by atoms with E-state index in [4.69, 9.17) is 0 Å². The molecule has 1 saturated heterocycles. The first-order chi connectivity index (χ1) is 14.1. The zero-order valence-electron chi connectivity index (χ0n) is 16.7. The Kier molecular flexibility index (Phi) is 5.71. The van der Waals surface area contributed by atoms with Crippen LogP contribution in [0.1, 0.15) is 35.2 Å². The van der Waals surface area contributed by atoms with Crippen molar-refractivity contribution in [2.45, 2.75) is 31.8 Å². The van der Waals surface area contributed by atoms with Crippen LogP contribution in [0, 0.1) is 0 Å². The van der Waals surface area contributed by atoms with Gasteiger partial charge in [0.2, 0.25) is 0 Å². The number of amides is 1. The Morgan fingerprint density at radius 3 is 2.79 bits per heavy atom. The predicted octanol–water partition coefficient (Wildman–Crippen LogP) is 3.05. The Hall–Kier alpha value is -2.99. The number of rotatable bonds is 5. The van der Waals surface area contributed by atoms with E-state index >= 15 is 0 Å². The number of nitrogens with zero attached hydrogens (tertiary/aromatic N) is 3. The molecule has 6 heteroatoms. The Bertz CT molecular complexity index is 1050. The lowest BCUT2D eigenvalue weighted by Gasteiger charge is -2.38. The summed E-state index contributed by atoms with van der Waals surface area (Å²) in [6, 6.07) is 16.0. The molecule has 0 aliphatic carbocycles. The largest absolute Gasteiger partial charge is 0.340 e. The molecule has 1 amide bonds. The number of piperidine rings is 1. The average molecular weight is 390 g/mol. The minimum Gasteiger partial charge on any atom is -0.340 e. The molecule has 1 atom stereocenters. The Morgan fingerprint density at radius 1 is 1.14 bits per heavy atom. The van der Waals surface area contributed by atoms with Crippen molar-refractivity contribution in [3.05, 3.63) is 76.2 Å². The number of aromatic nitrogens is 2. The fourth-order valence-corrected chi connectivity index (χ4v) is 4.20. The van der Waals surface area contributed by atoms with Gasteiger partial charge in [-0.1, -0.05) is 42.8 Å². The topological polar surface area (TPSA) is 69.3 Å². The van der Waals surface area contributed by atoms with E-state index in [2.05, 4.69) is 39.4 Å². The van der Waals surface area contributed by atoms with Crippen molar-refractivity contribution in [3.8, 4) is 0 Å². The fraction of sp³-hybridized carbons (Fsp3) is 0.348. The number of nitrogens with one attached hydrogen (secondary N) is 1. The van der Waals surface area contributed by atoms with E-state index in [1.807, 2.05) is 13.1 Å². The summed E-state index contributed by atoms with van der Waals surface area (Å²) >= 11 is 0. The van der Waals surface area contributed by atoms with Crippen molar-refractivity contribution in [1.82, 2.24) is 20.0 Å². The average Bonchev–Trinajstić information content (AvgIpc) is 2.75. The smallest absolute Gasteiger partial charge is 0.272 e. The molecule has 1 fully saturated rings. The molecule has 1 aromatic heterocycles. The third-order valence-electron chi connectivity index (χ3n) is 5.75. The molecule has 1 aliphatic rings. The second-order valence-electron chi connectivity index (χ2n) is 7.76. The van der Waals surface area contributed by atoms with Crippen LogP contribution in [0.5, 0.6) is 0 Å². The molecule has 0 unspecified atom stereocenters. The van der Waals surface area contributed by atoms with Gasteiger partial charge in [-0.3, -0.25) is 14.5 Å². The summed E-state index contributed by atoms with van der Waals surface area (Å²) in [7, 11) is 1.84. The molecule has 0 radical (unpaired) electrons. The zero-order chi connectivity index (χ0) is 20.2. The van der Waals surface area contributed by atoms with Gasteiger partial charge in [0.1, 0.15) is 0 Å². The van der Waals surface area contributed by atoms with Gasteiger partial charge >= 0.3 is 0 Å². The number of likely N-dealkylation sites (N-methyl/N-ethyl adjacent to an activating group) is 1. The summed E-state index contributed by atoms with van der Waals surface area (Å²) in [6.07, 6.45) is 5.02. The molecular formula is C23H26N4O2. The Morgan fingerprint density at radius 2 is 1.97 bits per heavy atom. The van der Waals surface area contributed by atoms with Crippen LogP contribution in [0.2, 0.25) is 0 Å². The summed E-state index contributed by atoms with van der Waals surface area (Å²) in [6.45, 7) is 2.62. The van der Waals surface area contributed by atoms with Crippen LogP contribution in [0.3, 0.4) is 0 Å². The van der Waals surface area contributed by atoms with Crippen molar-refractivity contribution in [2.75, 3.05) is 20.1 Å². The molecule has 2 aromatic carbocycles. The number of carbonyl (C=O) groups excluding carboxylic acids is 1. The second kappa shape index (κ2) is 8.57. The molecule has 150 valence electrons. The minimum atomic E-state index is -0.277. The number of hydrogen-bond acceptors (Lipinski definition) is 4. The lowest BCUT2D eigenvalue weighted by molar-refractivity contribution is 0.0671. The molecule has 1 N–H and O–H groups in total. The monoisotopic (exact) mass is 390 g/mol. The molecular weight excluding hydrogens is 364 g/mol. The van der Waals surface area contributed by atoms with Crippen LogP contribution in [0.4, 0.5) is 0 Å². The first-order valence-corrected chi connectivity index (χ1v) is 10.1. The van der Waals surface area contributed by atoms with Crippen molar-refractivity contribution in [3.63, 3.8) is 0 Å². The summed E-state index contributed by atoms with van der Waals surface area (Å²) in [5.74, 6) is -0.0757. The van der Waals surface area contributed by atoms with Gasteiger partial charge in [0, 0.05) is 37.1 Å². The predicted molar refractivity (Wildman–Crippen MR) is 114 cm³/mol. The zero-order valence-corrected chi connectivity index (χ0v) is 16.7. The summed E-state index contributed by atoms with van der Waals surface area (Å²) in [4.78, 5) is 29.4. The van der Waals surface area contributed by atoms with E-state index in [9.17, 15) is 9.59 Å². The summed E-state index contributed by atoms with van der Waals surface area (Å²) in [5, 5.41) is 7.38. The SMILES string of the molecule is CN(C[C@@H]1CCCCN1Cc1ccccc1)C(=O)c1cccc2c(=O)[nH]ncc12. The van der Waals surface area contributed by atoms with Crippen LogP contribution in [0.15, 0.2) is 59.5 Å². The molecule has 0 saturated carbocycles. The van der Waals surface area contributed by atoms with E-state index in [0.717, 1.165) is 19.5 Å². The van der Waals surface area contributed by atoms with Gasteiger partial charge < -0.3 is 4.90 Å². The van der Waals surface area contributed by atoms with Crippen LogP contribution in [0.25, 0.3) is 10.8 Å². The number of carbonyl (C=O) groups is 1. The third-order valence-corrected chi connectivity index (χ3v) is 5.75. The first kappa shape index (κ1) is 19.3. The fourth-order valence-electron chi connectivity index (χ4n) is 4.20. The third kappa shape index (κ3) is 4.22. The van der Waals surface area contributed by atoms with E-state index in [1.54, 1.807) is 29.3 Å². The quantitative estimate of drug-likeness (QED) is 0.727. The lowest BCUT2D eigenvalue weighted by atomic mass is 10.00. The van der Waals surface area contributed by atoms with Crippen LogP contribution in [-0.4, -0.2) is 52.1 Å². The number of benzene rings is 2. The summed E-state index contributed by atoms with van der Waals surface area (Å²) in [5.41, 5.74) is 1.54. The van der Waals surface area contributed by atoms with Crippen LogP contribution in [-0.2, 0) is 6.54 Å². The van der Waals surface area contributed by atoms with E-state index in [0.29, 0.717) is 28.9 Å². The maximum absolute atomic E-state index is 13.2. The second-order valence-corrected chi connectivity index (χ2v) is 7.76. The Labute approximate surface area is 170 Å². The van der Waals surface area contributed by atoms with E-state index < -0.39 is 0 Å². The van der Waals surface area contributed by atoms with Gasteiger partial charge in [-0.2, -0.15) is 5.10 Å². The number of H-pyrrole nitrogens is 1. The molecule has 0 bridgehead atoms. The molecule has 29 heavy (non-hydrogen) atoms. The van der Waals surface area contributed by atoms with Gasteiger partial charge in [-0.05, 0) is 37.1 Å². The number of likely N-dealkylation sites (tertiary alicyclic amines) is 1. The van der Waals surface area contributed by atoms with Crippen molar-refractivity contribution in [1.29, 1.82) is 0 Å². The normalized spacial score (nSPS) is 17.3. The molecule has 2 heterocycles. The first-order valence-electron chi connectivity index (χ1n) is 10.1. The highest BCUT2D eigenvalue weighted by Crippen LogP contribution is 2.22. The number of hydrogen-bond donors (Lipinski definition) is 1. The maximum Gasteiger partial charge on any atom is 0.272 e. The maximum atomic E-state index is 13.2. The van der Waals surface area contributed by atoms with Gasteiger partial charge in [0.15, 0.2) is 0 Å². The molecule has 4 rings (SSSR count). The molecule has 6 nitrogen and oxygen atoms in total. The highest BCUT2D eigenvalue weighted by Gasteiger charge is 2.26. The van der Waals surface area contributed by atoms with Gasteiger partial charge in [-0.15, -0.1) is 0 Å². The van der Waals surface area contributed by atoms with E-state index in [-0.39, 0.29) is 11.5 Å². The Balaban J connectivity index is 1.52. The van der Waals surface area contributed by atoms with Crippen LogP contribution >= 0.6 is 0 Å².